The molecule has 0 bridgehead atoms. The Morgan fingerprint density at radius 2 is 1.83 bits per heavy atom. The van der Waals surface area contributed by atoms with Crippen LogP contribution in [0.2, 0.25) is 0 Å². The van der Waals surface area contributed by atoms with Crippen LogP contribution in [0.4, 0.5) is 10.8 Å². The minimum absolute atomic E-state index is 0.0861. The average Bonchev–Trinajstić information content (AvgIpc) is 3.14. The Kier molecular flexibility index (Phi) is 5.83. The lowest BCUT2D eigenvalue weighted by molar-refractivity contribution is -0.116. The second-order valence-corrected chi connectivity index (χ2v) is 8.65. The molecule has 3 aromatic rings. The molecule has 1 amide bonds. The number of likely N-dealkylation sites (N-methyl/N-ethyl adjacent to an activating group) is 1. The quantitative estimate of drug-likeness (QED) is 0.674. The van der Waals surface area contributed by atoms with E-state index in [1.54, 1.807) is 0 Å². The largest absolute Gasteiger partial charge is 0.345 e. The summed E-state index contributed by atoms with van der Waals surface area (Å²) < 4.78 is 1.83. The zero-order valence-corrected chi connectivity index (χ0v) is 18.3. The molecule has 30 heavy (non-hydrogen) atoms. The third-order valence-electron chi connectivity index (χ3n) is 5.28. The molecule has 1 aliphatic heterocycles. The maximum absolute atomic E-state index is 12.9. The Morgan fingerprint density at radius 3 is 2.50 bits per heavy atom. The first-order valence-electron chi connectivity index (χ1n) is 10.1. The zero-order chi connectivity index (χ0) is 21.3. The van der Waals surface area contributed by atoms with Crippen molar-refractivity contribution in [2.75, 3.05) is 42.9 Å². The summed E-state index contributed by atoms with van der Waals surface area (Å²) in [7, 11) is 0. The molecule has 1 fully saturated rings. The number of carbonyl (C=O) groups is 1. The summed E-state index contributed by atoms with van der Waals surface area (Å²) >= 11 is 1.36. The number of hydrogen-bond donors (Lipinski definition) is 1. The summed E-state index contributed by atoms with van der Waals surface area (Å²) in [4.78, 5) is 38.9. The van der Waals surface area contributed by atoms with E-state index in [0.717, 1.165) is 54.7 Å². The fourth-order valence-electron chi connectivity index (χ4n) is 3.74. The number of benzene rings is 1. The summed E-state index contributed by atoms with van der Waals surface area (Å²) in [6.07, 6.45) is 1.41. The molecule has 0 spiro atoms. The number of hydrogen-bond acceptors (Lipinski definition) is 7. The Hall–Kier alpha value is -2.78. The van der Waals surface area contributed by atoms with Gasteiger partial charge in [0.05, 0.1) is 0 Å². The molecule has 1 N–H and O–H groups in total. The average molecular weight is 427 g/mol. The van der Waals surface area contributed by atoms with Crippen molar-refractivity contribution >= 4 is 38.4 Å². The van der Waals surface area contributed by atoms with E-state index in [-0.39, 0.29) is 18.0 Å². The van der Waals surface area contributed by atoms with Gasteiger partial charge in [0, 0.05) is 31.9 Å². The van der Waals surface area contributed by atoms with Crippen molar-refractivity contribution in [2.24, 2.45) is 0 Å². The van der Waals surface area contributed by atoms with Crippen LogP contribution in [0.25, 0.3) is 10.3 Å². The monoisotopic (exact) mass is 426 g/mol. The number of nitrogens with zero attached hydrogens (tertiary/aromatic N) is 5. The van der Waals surface area contributed by atoms with E-state index in [1.165, 1.54) is 22.2 Å². The van der Waals surface area contributed by atoms with Crippen LogP contribution in [0.5, 0.6) is 0 Å². The summed E-state index contributed by atoms with van der Waals surface area (Å²) in [5.74, 6) is -0.260. The topological polar surface area (TPSA) is 83.4 Å². The van der Waals surface area contributed by atoms with E-state index in [0.29, 0.717) is 10.3 Å². The molecule has 1 aromatic carbocycles. The van der Waals surface area contributed by atoms with Crippen LogP contribution in [0.1, 0.15) is 18.1 Å². The Balaban J connectivity index is 1.50. The van der Waals surface area contributed by atoms with Gasteiger partial charge in [-0.05, 0) is 43.7 Å². The lowest BCUT2D eigenvalue weighted by atomic mass is 10.1. The predicted molar refractivity (Wildman–Crippen MR) is 121 cm³/mol. The Labute approximate surface area is 179 Å². The highest BCUT2D eigenvalue weighted by Gasteiger charge is 2.20. The first-order valence-corrected chi connectivity index (χ1v) is 11.0. The van der Waals surface area contributed by atoms with Crippen molar-refractivity contribution in [3.8, 4) is 0 Å². The van der Waals surface area contributed by atoms with Crippen LogP contribution in [-0.2, 0) is 11.3 Å². The first-order chi connectivity index (χ1) is 14.4. The second kappa shape index (κ2) is 8.53. The SMILES string of the molecule is CCN1CCN(c2nc3ncn(CC(=O)Nc4cc(C)cc(C)c4)c(=O)c3s2)CC1. The molecular weight excluding hydrogens is 400 g/mol. The van der Waals surface area contributed by atoms with Gasteiger partial charge in [-0.3, -0.25) is 14.2 Å². The van der Waals surface area contributed by atoms with Gasteiger partial charge in [0.2, 0.25) is 5.91 Å². The molecule has 0 aliphatic carbocycles. The minimum Gasteiger partial charge on any atom is -0.345 e. The van der Waals surface area contributed by atoms with E-state index in [9.17, 15) is 9.59 Å². The summed E-state index contributed by atoms with van der Waals surface area (Å²) in [5, 5.41) is 3.68. The number of aromatic nitrogens is 3. The number of thiazole rings is 1. The summed E-state index contributed by atoms with van der Waals surface area (Å²) in [6.45, 7) is 10.8. The highest BCUT2D eigenvalue weighted by atomic mass is 32.1. The first kappa shape index (κ1) is 20.5. The van der Waals surface area contributed by atoms with Crippen LogP contribution in [0.15, 0.2) is 29.3 Å². The number of rotatable bonds is 5. The molecule has 158 valence electrons. The lowest BCUT2D eigenvalue weighted by Crippen LogP contribution is -2.46. The van der Waals surface area contributed by atoms with Crippen LogP contribution in [-0.4, -0.2) is 58.1 Å². The normalized spacial score (nSPS) is 15.0. The van der Waals surface area contributed by atoms with Crippen molar-refractivity contribution in [3.63, 3.8) is 0 Å². The molecule has 9 heteroatoms. The van der Waals surface area contributed by atoms with Crippen molar-refractivity contribution < 1.29 is 4.79 Å². The standard InChI is InChI=1S/C21H26N6O2S/c1-4-25-5-7-26(8-6-25)21-24-19-18(30-21)20(29)27(13-22-19)12-17(28)23-16-10-14(2)9-15(3)11-16/h9-11,13H,4-8,12H2,1-3H3,(H,23,28). The molecule has 4 rings (SSSR count). The molecule has 0 saturated carbocycles. The van der Waals surface area contributed by atoms with Crippen LogP contribution >= 0.6 is 11.3 Å². The highest BCUT2D eigenvalue weighted by molar-refractivity contribution is 7.22. The van der Waals surface area contributed by atoms with Gasteiger partial charge in [0.15, 0.2) is 10.8 Å². The molecule has 0 atom stereocenters. The van der Waals surface area contributed by atoms with Gasteiger partial charge in [0.25, 0.3) is 5.56 Å². The number of anilines is 2. The van der Waals surface area contributed by atoms with Crippen molar-refractivity contribution in [3.05, 3.63) is 46.0 Å². The van der Waals surface area contributed by atoms with Gasteiger partial charge in [-0.2, -0.15) is 4.98 Å². The van der Waals surface area contributed by atoms with Crippen LogP contribution in [0, 0.1) is 13.8 Å². The second-order valence-electron chi connectivity index (χ2n) is 7.67. The van der Waals surface area contributed by atoms with E-state index in [1.807, 2.05) is 32.0 Å². The summed E-state index contributed by atoms with van der Waals surface area (Å²) in [6, 6.07) is 5.85. The fourth-order valence-corrected chi connectivity index (χ4v) is 4.76. The highest BCUT2D eigenvalue weighted by Crippen LogP contribution is 2.26. The number of aryl methyl sites for hydroxylation is 2. The Morgan fingerprint density at radius 1 is 1.13 bits per heavy atom. The maximum Gasteiger partial charge on any atom is 0.273 e. The molecule has 3 heterocycles. The molecule has 0 unspecified atom stereocenters. The van der Waals surface area contributed by atoms with Gasteiger partial charge < -0.3 is 15.1 Å². The molecular formula is C21H26N6O2S. The van der Waals surface area contributed by atoms with Crippen LogP contribution < -0.4 is 15.8 Å². The van der Waals surface area contributed by atoms with Gasteiger partial charge >= 0.3 is 0 Å². The number of fused-ring (bicyclic) bond motifs is 1. The summed E-state index contributed by atoms with van der Waals surface area (Å²) in [5.41, 5.74) is 3.09. The minimum atomic E-state index is -0.260. The van der Waals surface area contributed by atoms with Crippen molar-refractivity contribution in [2.45, 2.75) is 27.3 Å². The number of nitrogens with one attached hydrogen (secondary N) is 1. The van der Waals surface area contributed by atoms with Gasteiger partial charge in [-0.25, -0.2) is 4.98 Å². The number of carbonyl (C=O) groups excluding carboxylic acids is 1. The predicted octanol–water partition coefficient (Wildman–Crippen LogP) is 2.25. The molecule has 1 saturated heterocycles. The van der Waals surface area contributed by atoms with Gasteiger partial charge in [-0.1, -0.05) is 24.3 Å². The van der Waals surface area contributed by atoms with Crippen LogP contribution in [0.3, 0.4) is 0 Å². The molecule has 1 aliphatic rings. The van der Waals surface area contributed by atoms with Gasteiger partial charge in [0.1, 0.15) is 17.6 Å². The molecule has 0 radical (unpaired) electrons. The number of piperazine rings is 1. The van der Waals surface area contributed by atoms with E-state index in [2.05, 4.69) is 32.0 Å². The third kappa shape index (κ3) is 4.36. The van der Waals surface area contributed by atoms with Crippen molar-refractivity contribution in [1.29, 1.82) is 0 Å². The third-order valence-corrected chi connectivity index (χ3v) is 6.38. The molecule has 8 nitrogen and oxygen atoms in total. The smallest absolute Gasteiger partial charge is 0.273 e. The maximum atomic E-state index is 12.9. The lowest BCUT2D eigenvalue weighted by Gasteiger charge is -2.33. The Bertz CT molecular complexity index is 1110. The van der Waals surface area contributed by atoms with E-state index >= 15 is 0 Å². The van der Waals surface area contributed by atoms with E-state index in [4.69, 9.17) is 0 Å². The van der Waals surface area contributed by atoms with E-state index < -0.39 is 0 Å². The van der Waals surface area contributed by atoms with Crippen molar-refractivity contribution in [1.82, 2.24) is 19.4 Å². The molecule has 2 aromatic heterocycles. The van der Waals surface area contributed by atoms with Gasteiger partial charge in [-0.15, -0.1) is 0 Å². The number of amides is 1. The zero-order valence-electron chi connectivity index (χ0n) is 17.5. The fraction of sp³-hybridized carbons (Fsp3) is 0.429.